The molecule has 1 fully saturated rings. The first kappa shape index (κ1) is 21.6. The van der Waals surface area contributed by atoms with Gasteiger partial charge in [-0.25, -0.2) is 9.79 Å². The third kappa shape index (κ3) is 3.97. The van der Waals surface area contributed by atoms with Crippen LogP contribution in [0, 0.1) is 0 Å². The first-order valence-electron chi connectivity index (χ1n) is 9.22. The zero-order valence-corrected chi connectivity index (χ0v) is 17.9. The molecule has 0 bridgehead atoms. The lowest BCUT2D eigenvalue weighted by Gasteiger charge is -2.33. The third-order valence-corrected chi connectivity index (χ3v) is 5.62. The molecule has 158 valence electrons. The fraction of sp³-hybridized carbons (Fsp3) is 0.333. The van der Waals surface area contributed by atoms with E-state index in [1.54, 1.807) is 32.0 Å². The molecule has 2 atom stereocenters. The second-order valence-electron chi connectivity index (χ2n) is 6.66. The van der Waals surface area contributed by atoms with Gasteiger partial charge in [0.05, 0.1) is 29.7 Å². The van der Waals surface area contributed by atoms with Gasteiger partial charge in [-0.15, -0.1) is 0 Å². The highest BCUT2D eigenvalue weighted by atomic mass is 32.2. The Labute approximate surface area is 178 Å². The average molecular weight is 430 g/mol. The quantitative estimate of drug-likeness (QED) is 0.389. The van der Waals surface area contributed by atoms with Crippen LogP contribution in [0.4, 0.5) is 0 Å². The van der Waals surface area contributed by atoms with E-state index in [9.17, 15) is 14.4 Å². The summed E-state index contributed by atoms with van der Waals surface area (Å²) in [5.74, 6) is -0.688. The van der Waals surface area contributed by atoms with Gasteiger partial charge in [-0.2, -0.15) is 0 Å². The maximum Gasteiger partial charge on any atom is 0.338 e. The lowest BCUT2D eigenvalue weighted by atomic mass is 9.94. The Kier molecular flexibility index (Phi) is 6.31. The van der Waals surface area contributed by atoms with Crippen LogP contribution in [0.15, 0.2) is 47.1 Å². The van der Waals surface area contributed by atoms with Crippen molar-refractivity contribution in [2.75, 3.05) is 13.7 Å². The van der Waals surface area contributed by atoms with Gasteiger partial charge in [0.2, 0.25) is 5.91 Å². The number of hydrogen-bond donors (Lipinski definition) is 0. The number of esters is 2. The van der Waals surface area contributed by atoms with E-state index in [2.05, 4.69) is 11.6 Å². The molecule has 2 aliphatic heterocycles. The molecule has 1 amide bonds. The van der Waals surface area contributed by atoms with Crippen LogP contribution < -0.4 is 9.47 Å². The molecule has 0 radical (unpaired) electrons. The molecular formula is C21H22N2O6S. The van der Waals surface area contributed by atoms with E-state index < -0.39 is 18.0 Å². The van der Waals surface area contributed by atoms with Crippen molar-refractivity contribution in [3.05, 3.63) is 47.7 Å². The molecular weight excluding hydrogens is 408 g/mol. The molecule has 1 aromatic rings. The van der Waals surface area contributed by atoms with E-state index in [4.69, 9.17) is 14.2 Å². The summed E-state index contributed by atoms with van der Waals surface area (Å²) in [6.45, 7) is 8.38. The largest absolute Gasteiger partial charge is 0.493 e. The number of amides is 1. The predicted octanol–water partition coefficient (Wildman–Crippen LogP) is 3.00. The van der Waals surface area contributed by atoms with Crippen molar-refractivity contribution in [3.8, 4) is 11.5 Å². The molecule has 3 rings (SSSR count). The number of hydrogen-bond acceptors (Lipinski definition) is 8. The Morgan fingerprint density at radius 1 is 1.33 bits per heavy atom. The molecule has 0 saturated carbocycles. The first-order chi connectivity index (χ1) is 14.3. The topological polar surface area (TPSA) is 94.5 Å². The fourth-order valence-corrected chi connectivity index (χ4v) is 4.31. The molecule has 0 spiro atoms. The molecule has 2 unspecified atom stereocenters. The maximum absolute atomic E-state index is 12.9. The Hall–Kier alpha value is -3.07. The number of thioether (sulfide) groups is 1. The minimum atomic E-state index is -0.750. The predicted molar refractivity (Wildman–Crippen MR) is 112 cm³/mol. The van der Waals surface area contributed by atoms with Crippen LogP contribution >= 0.6 is 11.8 Å². The Balaban J connectivity index is 2.13. The van der Waals surface area contributed by atoms with Crippen LogP contribution in [-0.4, -0.2) is 46.9 Å². The Bertz CT molecular complexity index is 984. The normalized spacial score (nSPS) is 20.5. The van der Waals surface area contributed by atoms with Gasteiger partial charge in [0.1, 0.15) is 6.61 Å². The van der Waals surface area contributed by atoms with E-state index in [0.717, 1.165) is 0 Å². The SMILES string of the molecule is C=CCOC(=O)C1=C(C)N=C2SC(C)C(=O)N2C1c1ccc(OC(C)=O)c(OC)c1. The zero-order valence-electron chi connectivity index (χ0n) is 17.1. The second kappa shape index (κ2) is 8.74. The summed E-state index contributed by atoms with van der Waals surface area (Å²) >= 11 is 1.34. The molecule has 9 heteroatoms. The molecule has 0 aliphatic carbocycles. The van der Waals surface area contributed by atoms with E-state index in [1.165, 1.54) is 36.8 Å². The number of benzene rings is 1. The number of methoxy groups -OCH3 is 1. The Morgan fingerprint density at radius 2 is 2.07 bits per heavy atom. The first-order valence-corrected chi connectivity index (χ1v) is 10.1. The molecule has 0 aromatic heterocycles. The number of nitrogens with zero attached hydrogens (tertiary/aromatic N) is 2. The molecule has 1 aromatic carbocycles. The summed E-state index contributed by atoms with van der Waals surface area (Å²) in [6.07, 6.45) is 1.47. The maximum atomic E-state index is 12.9. The highest BCUT2D eigenvalue weighted by Gasteiger charge is 2.46. The van der Waals surface area contributed by atoms with Gasteiger partial charge in [0.25, 0.3) is 0 Å². The van der Waals surface area contributed by atoms with Crippen molar-refractivity contribution in [2.24, 2.45) is 4.99 Å². The molecule has 2 aliphatic rings. The van der Waals surface area contributed by atoms with E-state index in [-0.39, 0.29) is 29.1 Å². The fourth-order valence-electron chi connectivity index (χ4n) is 3.28. The zero-order chi connectivity index (χ0) is 22.0. The summed E-state index contributed by atoms with van der Waals surface area (Å²) in [5, 5.41) is 0.197. The summed E-state index contributed by atoms with van der Waals surface area (Å²) in [5.41, 5.74) is 1.33. The van der Waals surface area contributed by atoms with Crippen LogP contribution in [0.3, 0.4) is 0 Å². The number of allylic oxidation sites excluding steroid dienone is 1. The van der Waals surface area contributed by atoms with Gasteiger partial charge in [-0.1, -0.05) is 30.5 Å². The number of rotatable bonds is 6. The minimum Gasteiger partial charge on any atom is -0.493 e. The van der Waals surface area contributed by atoms with Crippen molar-refractivity contribution >= 4 is 34.8 Å². The van der Waals surface area contributed by atoms with Crippen LogP contribution in [0.5, 0.6) is 11.5 Å². The summed E-state index contributed by atoms with van der Waals surface area (Å²) in [6, 6.07) is 4.14. The van der Waals surface area contributed by atoms with Gasteiger partial charge in [-0.3, -0.25) is 14.5 Å². The molecule has 30 heavy (non-hydrogen) atoms. The van der Waals surface area contributed by atoms with Crippen molar-refractivity contribution in [1.82, 2.24) is 4.90 Å². The smallest absolute Gasteiger partial charge is 0.338 e. The number of aliphatic imine (C=N–C) groups is 1. The van der Waals surface area contributed by atoms with E-state index in [1.807, 2.05) is 0 Å². The monoisotopic (exact) mass is 430 g/mol. The van der Waals surface area contributed by atoms with Gasteiger partial charge >= 0.3 is 11.9 Å². The minimum absolute atomic E-state index is 0.0344. The molecule has 1 saturated heterocycles. The Morgan fingerprint density at radius 3 is 2.70 bits per heavy atom. The standard InChI is InChI=1S/C21H22N2O6S/c1-6-9-28-20(26)17-11(2)22-21-23(19(25)12(3)30-21)18(17)14-7-8-15(29-13(4)24)16(10-14)27-5/h6-8,10,12,18H,1,9H2,2-5H3. The lowest BCUT2D eigenvalue weighted by Crippen LogP contribution is -2.40. The van der Waals surface area contributed by atoms with Crippen molar-refractivity contribution in [1.29, 1.82) is 0 Å². The molecule has 0 N–H and O–H groups in total. The average Bonchev–Trinajstić information content (AvgIpc) is 2.98. The third-order valence-electron chi connectivity index (χ3n) is 4.57. The summed E-state index contributed by atoms with van der Waals surface area (Å²) in [7, 11) is 1.44. The van der Waals surface area contributed by atoms with Crippen molar-refractivity contribution < 1.29 is 28.6 Å². The molecule has 8 nitrogen and oxygen atoms in total. The van der Waals surface area contributed by atoms with Crippen molar-refractivity contribution in [3.63, 3.8) is 0 Å². The number of carbonyl (C=O) groups excluding carboxylic acids is 3. The summed E-state index contributed by atoms with van der Waals surface area (Å²) < 4.78 is 15.8. The van der Waals surface area contributed by atoms with Crippen LogP contribution in [0.1, 0.15) is 32.4 Å². The van der Waals surface area contributed by atoms with Crippen molar-refractivity contribution in [2.45, 2.75) is 32.1 Å². The second-order valence-corrected chi connectivity index (χ2v) is 7.96. The lowest BCUT2D eigenvalue weighted by molar-refractivity contribution is -0.139. The highest BCUT2D eigenvalue weighted by molar-refractivity contribution is 8.15. The number of ether oxygens (including phenoxy) is 3. The molecule has 2 heterocycles. The van der Waals surface area contributed by atoms with Gasteiger partial charge in [0, 0.05) is 6.92 Å². The number of amidine groups is 1. The summed E-state index contributed by atoms with van der Waals surface area (Å²) in [4.78, 5) is 43.1. The number of carbonyl (C=O) groups is 3. The van der Waals surface area contributed by atoms with Crippen LogP contribution in [0.25, 0.3) is 0 Å². The number of fused-ring (bicyclic) bond motifs is 1. The van der Waals surface area contributed by atoms with Gasteiger partial charge < -0.3 is 14.2 Å². The van der Waals surface area contributed by atoms with Gasteiger partial charge in [0.15, 0.2) is 16.7 Å². The van der Waals surface area contributed by atoms with E-state index >= 15 is 0 Å². The van der Waals surface area contributed by atoms with Crippen LogP contribution in [-0.2, 0) is 19.1 Å². The highest BCUT2D eigenvalue weighted by Crippen LogP contribution is 2.44. The van der Waals surface area contributed by atoms with Gasteiger partial charge in [-0.05, 0) is 31.5 Å². The van der Waals surface area contributed by atoms with Crippen LogP contribution in [0.2, 0.25) is 0 Å². The van der Waals surface area contributed by atoms with E-state index in [0.29, 0.717) is 22.2 Å².